The molecule has 4 rings (SSSR count). The molecule has 5 nitrogen and oxygen atoms in total. The number of thiophene rings is 1. The number of oxazole rings is 1. The second kappa shape index (κ2) is 7.07. The summed E-state index contributed by atoms with van der Waals surface area (Å²) in [5.74, 6) is 1.22. The lowest BCUT2D eigenvalue weighted by molar-refractivity contribution is 0.282. The first-order chi connectivity index (χ1) is 12.7. The predicted octanol–water partition coefficient (Wildman–Crippen LogP) is 4.77. The summed E-state index contributed by atoms with van der Waals surface area (Å²) in [7, 11) is 0. The Bertz CT molecular complexity index is 1040. The van der Waals surface area contributed by atoms with Crippen LogP contribution in [0.4, 0.5) is 0 Å². The highest BCUT2D eigenvalue weighted by Gasteiger charge is 2.16. The average molecular weight is 386 g/mol. The van der Waals surface area contributed by atoms with Gasteiger partial charge in [-0.3, -0.25) is 4.68 Å². The Morgan fingerprint density at radius 2 is 2.08 bits per heavy atom. The number of rotatable bonds is 5. The first kappa shape index (κ1) is 17.0. The molecule has 0 amide bonds. The van der Waals surface area contributed by atoms with Gasteiger partial charge in [0.2, 0.25) is 5.89 Å². The van der Waals surface area contributed by atoms with Crippen LogP contribution in [0, 0.1) is 6.92 Å². The first-order valence-electron chi connectivity index (χ1n) is 8.08. The molecule has 3 aromatic heterocycles. The SMILES string of the molecule is Cc1oc(-c2ccccc2Cl)nc1Cn1cc(CO)c(-c2cccs2)n1. The fourth-order valence-corrected chi connectivity index (χ4v) is 3.72. The third kappa shape index (κ3) is 3.19. The van der Waals surface area contributed by atoms with E-state index in [-0.39, 0.29) is 6.61 Å². The quantitative estimate of drug-likeness (QED) is 0.537. The number of hydrogen-bond donors (Lipinski definition) is 1. The van der Waals surface area contributed by atoms with Crippen LogP contribution in [0.15, 0.2) is 52.4 Å². The molecule has 0 spiro atoms. The fourth-order valence-electron chi connectivity index (χ4n) is 2.76. The summed E-state index contributed by atoms with van der Waals surface area (Å²) in [6, 6.07) is 11.4. The third-order valence-electron chi connectivity index (χ3n) is 4.07. The normalized spacial score (nSPS) is 11.2. The van der Waals surface area contributed by atoms with Crippen LogP contribution < -0.4 is 0 Å². The summed E-state index contributed by atoms with van der Waals surface area (Å²) >= 11 is 7.83. The average Bonchev–Trinajstić information content (AvgIpc) is 3.36. The maximum Gasteiger partial charge on any atom is 0.228 e. The number of aromatic nitrogens is 3. The van der Waals surface area contributed by atoms with E-state index in [1.165, 1.54) is 0 Å². The number of benzene rings is 1. The molecule has 3 heterocycles. The van der Waals surface area contributed by atoms with Gasteiger partial charge >= 0.3 is 0 Å². The molecule has 132 valence electrons. The van der Waals surface area contributed by atoms with Crippen molar-refractivity contribution >= 4 is 22.9 Å². The van der Waals surface area contributed by atoms with Gasteiger partial charge in [-0.1, -0.05) is 29.8 Å². The standard InChI is InChI=1S/C19H16ClN3O2S/c1-12-16(21-19(25-12)14-5-2-3-6-15(14)20)10-23-9-13(11-24)18(22-23)17-7-4-8-26-17/h2-9,24H,10-11H2,1H3. The lowest BCUT2D eigenvalue weighted by Gasteiger charge is -1.98. The number of aliphatic hydroxyl groups is 1. The van der Waals surface area contributed by atoms with Crippen LogP contribution >= 0.6 is 22.9 Å². The van der Waals surface area contributed by atoms with Gasteiger partial charge in [-0.2, -0.15) is 5.10 Å². The molecule has 26 heavy (non-hydrogen) atoms. The Hall–Kier alpha value is -2.41. The van der Waals surface area contributed by atoms with Gasteiger partial charge in [-0.25, -0.2) is 4.98 Å². The van der Waals surface area contributed by atoms with E-state index >= 15 is 0 Å². The van der Waals surface area contributed by atoms with Crippen molar-refractivity contribution in [2.45, 2.75) is 20.1 Å². The topological polar surface area (TPSA) is 64.1 Å². The molecular weight excluding hydrogens is 370 g/mol. The van der Waals surface area contributed by atoms with E-state index < -0.39 is 0 Å². The summed E-state index contributed by atoms with van der Waals surface area (Å²) in [4.78, 5) is 5.62. The number of hydrogen-bond acceptors (Lipinski definition) is 5. The van der Waals surface area contributed by atoms with Gasteiger partial charge in [0, 0.05) is 11.8 Å². The van der Waals surface area contributed by atoms with E-state index in [2.05, 4.69) is 10.1 Å². The molecule has 0 fully saturated rings. The Morgan fingerprint density at radius 1 is 1.23 bits per heavy atom. The molecule has 1 N–H and O–H groups in total. The van der Waals surface area contributed by atoms with Crippen LogP contribution in [0.1, 0.15) is 17.0 Å². The number of nitrogens with zero attached hydrogens (tertiary/aromatic N) is 3. The van der Waals surface area contributed by atoms with E-state index in [9.17, 15) is 5.11 Å². The Morgan fingerprint density at radius 3 is 2.81 bits per heavy atom. The monoisotopic (exact) mass is 385 g/mol. The predicted molar refractivity (Wildman–Crippen MR) is 102 cm³/mol. The summed E-state index contributed by atoms with van der Waals surface area (Å²) < 4.78 is 7.58. The second-order valence-electron chi connectivity index (χ2n) is 5.84. The molecule has 7 heteroatoms. The van der Waals surface area contributed by atoms with E-state index in [4.69, 9.17) is 16.0 Å². The molecule has 0 aliphatic carbocycles. The van der Waals surface area contributed by atoms with Crippen molar-refractivity contribution in [3.63, 3.8) is 0 Å². The maximum atomic E-state index is 9.64. The van der Waals surface area contributed by atoms with Crippen LogP contribution in [0.2, 0.25) is 5.02 Å². The largest absolute Gasteiger partial charge is 0.441 e. The zero-order valence-electron chi connectivity index (χ0n) is 14.0. The van der Waals surface area contributed by atoms with Gasteiger partial charge in [0.1, 0.15) is 17.1 Å². The molecule has 0 atom stereocenters. The van der Waals surface area contributed by atoms with Gasteiger partial charge < -0.3 is 9.52 Å². The smallest absolute Gasteiger partial charge is 0.228 e. The molecule has 0 aliphatic rings. The molecule has 0 saturated carbocycles. The fraction of sp³-hybridized carbons (Fsp3) is 0.158. The number of aryl methyl sites for hydroxylation is 1. The Balaban J connectivity index is 1.65. The minimum Gasteiger partial charge on any atom is -0.441 e. The molecule has 0 saturated heterocycles. The van der Waals surface area contributed by atoms with Crippen molar-refractivity contribution in [1.29, 1.82) is 0 Å². The van der Waals surface area contributed by atoms with Gasteiger partial charge in [0.15, 0.2) is 0 Å². The summed E-state index contributed by atoms with van der Waals surface area (Å²) in [6.07, 6.45) is 1.85. The molecule has 0 radical (unpaired) electrons. The van der Waals surface area contributed by atoms with Gasteiger partial charge in [-0.15, -0.1) is 11.3 Å². The van der Waals surface area contributed by atoms with Crippen molar-refractivity contribution in [2.75, 3.05) is 0 Å². The number of halogens is 1. The molecular formula is C19H16ClN3O2S. The Kier molecular flexibility index (Phi) is 4.63. The third-order valence-corrected chi connectivity index (χ3v) is 5.28. The minimum absolute atomic E-state index is 0.0596. The van der Waals surface area contributed by atoms with Crippen molar-refractivity contribution < 1.29 is 9.52 Å². The van der Waals surface area contributed by atoms with Crippen molar-refractivity contribution in [2.24, 2.45) is 0 Å². The lowest BCUT2D eigenvalue weighted by atomic mass is 10.2. The van der Waals surface area contributed by atoms with Crippen LogP contribution in [0.3, 0.4) is 0 Å². The van der Waals surface area contributed by atoms with Crippen molar-refractivity contribution in [3.05, 3.63) is 70.0 Å². The van der Waals surface area contributed by atoms with Crippen LogP contribution in [-0.2, 0) is 13.2 Å². The van der Waals surface area contributed by atoms with Crippen LogP contribution in [0.25, 0.3) is 22.0 Å². The van der Waals surface area contributed by atoms with Crippen LogP contribution in [0.5, 0.6) is 0 Å². The summed E-state index contributed by atoms with van der Waals surface area (Å²) in [5.41, 5.74) is 3.14. The first-order valence-corrected chi connectivity index (χ1v) is 9.33. The molecule has 0 bridgehead atoms. The molecule has 0 aliphatic heterocycles. The van der Waals surface area contributed by atoms with Crippen molar-refractivity contribution in [3.8, 4) is 22.0 Å². The molecule has 4 aromatic rings. The number of aliphatic hydroxyl groups excluding tert-OH is 1. The highest BCUT2D eigenvalue weighted by atomic mass is 35.5. The van der Waals surface area contributed by atoms with E-state index in [1.807, 2.05) is 54.9 Å². The zero-order chi connectivity index (χ0) is 18.1. The zero-order valence-corrected chi connectivity index (χ0v) is 15.6. The van der Waals surface area contributed by atoms with Gasteiger partial charge in [-0.05, 0) is 30.5 Å². The molecule has 1 aromatic carbocycles. The van der Waals surface area contributed by atoms with E-state index in [0.717, 1.165) is 33.2 Å². The van der Waals surface area contributed by atoms with Crippen molar-refractivity contribution in [1.82, 2.24) is 14.8 Å². The van der Waals surface area contributed by atoms with E-state index in [1.54, 1.807) is 16.0 Å². The van der Waals surface area contributed by atoms with Gasteiger partial charge in [0.25, 0.3) is 0 Å². The molecule has 0 unspecified atom stereocenters. The van der Waals surface area contributed by atoms with Crippen LogP contribution in [-0.4, -0.2) is 19.9 Å². The second-order valence-corrected chi connectivity index (χ2v) is 7.19. The van der Waals surface area contributed by atoms with Gasteiger partial charge in [0.05, 0.1) is 28.6 Å². The highest BCUT2D eigenvalue weighted by Crippen LogP contribution is 2.30. The maximum absolute atomic E-state index is 9.64. The highest BCUT2D eigenvalue weighted by molar-refractivity contribution is 7.13. The Labute approximate surface area is 159 Å². The summed E-state index contributed by atoms with van der Waals surface area (Å²) in [6.45, 7) is 2.27. The lowest BCUT2D eigenvalue weighted by Crippen LogP contribution is -2.02. The van der Waals surface area contributed by atoms with E-state index in [0.29, 0.717) is 17.5 Å². The minimum atomic E-state index is -0.0596. The summed E-state index contributed by atoms with van der Waals surface area (Å²) in [5, 5.41) is 16.8.